The summed E-state index contributed by atoms with van der Waals surface area (Å²) in [5, 5.41) is 10.7. The highest BCUT2D eigenvalue weighted by Crippen LogP contribution is 2.26. The topological polar surface area (TPSA) is 84.1 Å². The van der Waals surface area contributed by atoms with Crippen LogP contribution in [0.2, 0.25) is 0 Å². The largest absolute Gasteiger partial charge is 0.354 e. The molecule has 1 amide bonds. The minimum atomic E-state index is -0.221. The lowest BCUT2D eigenvalue weighted by Crippen LogP contribution is -2.49. The van der Waals surface area contributed by atoms with Gasteiger partial charge in [0.05, 0.1) is 0 Å². The van der Waals surface area contributed by atoms with Gasteiger partial charge in [-0.1, -0.05) is 6.92 Å². The second-order valence-corrected chi connectivity index (χ2v) is 4.97. The average molecular weight is 263 g/mol. The number of piperidine rings is 1. The monoisotopic (exact) mass is 263 g/mol. The van der Waals surface area contributed by atoms with Crippen LogP contribution in [0.5, 0.6) is 0 Å². The van der Waals surface area contributed by atoms with Gasteiger partial charge in [0.2, 0.25) is 0 Å². The molecule has 1 aromatic heterocycles. The van der Waals surface area contributed by atoms with Gasteiger partial charge in [-0.2, -0.15) is 0 Å². The first kappa shape index (κ1) is 13.7. The molecule has 2 rings (SSSR count). The van der Waals surface area contributed by atoms with E-state index in [1.54, 1.807) is 13.1 Å². The fraction of sp³-hybridized carbons (Fsp3) is 0.615. The van der Waals surface area contributed by atoms with Crippen molar-refractivity contribution >= 4 is 11.7 Å². The van der Waals surface area contributed by atoms with Crippen LogP contribution in [0.25, 0.3) is 0 Å². The molecule has 6 heteroatoms. The Labute approximate surface area is 113 Å². The van der Waals surface area contributed by atoms with E-state index in [1.807, 2.05) is 6.07 Å². The lowest BCUT2D eigenvalue weighted by molar-refractivity contribution is 0.0957. The molecule has 1 aromatic rings. The van der Waals surface area contributed by atoms with Crippen molar-refractivity contribution in [2.75, 3.05) is 25.0 Å². The van der Waals surface area contributed by atoms with Crippen LogP contribution in [0, 0.1) is 5.92 Å². The van der Waals surface area contributed by atoms with Gasteiger partial charge in [-0.15, -0.1) is 10.2 Å². The predicted molar refractivity (Wildman–Crippen MR) is 74.0 cm³/mol. The summed E-state index contributed by atoms with van der Waals surface area (Å²) in [6.45, 7) is 3.77. The van der Waals surface area contributed by atoms with Gasteiger partial charge in [0, 0.05) is 26.2 Å². The van der Waals surface area contributed by atoms with E-state index in [0.717, 1.165) is 18.8 Å². The highest BCUT2D eigenvalue weighted by Gasteiger charge is 2.28. The molecule has 0 aliphatic carbocycles. The third kappa shape index (κ3) is 2.84. The van der Waals surface area contributed by atoms with Crippen LogP contribution in [0.15, 0.2) is 12.1 Å². The Kier molecular flexibility index (Phi) is 4.31. The molecule has 0 radical (unpaired) electrons. The van der Waals surface area contributed by atoms with Crippen molar-refractivity contribution in [3.63, 3.8) is 0 Å². The fourth-order valence-electron chi connectivity index (χ4n) is 2.62. The SMILES string of the molecule is CNC(=O)c1ccc(N2CCCC(C)C2CN)nn1. The van der Waals surface area contributed by atoms with E-state index in [9.17, 15) is 4.79 Å². The molecule has 19 heavy (non-hydrogen) atoms. The standard InChI is InChI=1S/C13H21N5O/c1-9-4-3-7-18(11(9)8-14)12-6-5-10(16-17-12)13(19)15-2/h5-6,9,11H,3-4,7-8,14H2,1-2H3,(H,15,19). The molecule has 6 nitrogen and oxygen atoms in total. The maximum absolute atomic E-state index is 11.4. The lowest BCUT2D eigenvalue weighted by atomic mass is 9.91. The maximum atomic E-state index is 11.4. The summed E-state index contributed by atoms with van der Waals surface area (Å²) in [6, 6.07) is 3.85. The molecule has 0 aromatic carbocycles. The van der Waals surface area contributed by atoms with Gasteiger partial charge >= 0.3 is 0 Å². The number of hydrogen-bond donors (Lipinski definition) is 2. The highest BCUT2D eigenvalue weighted by atomic mass is 16.1. The second kappa shape index (κ2) is 5.97. The average Bonchev–Trinajstić information content (AvgIpc) is 2.46. The number of carbonyl (C=O) groups is 1. The van der Waals surface area contributed by atoms with Gasteiger partial charge in [-0.25, -0.2) is 0 Å². The van der Waals surface area contributed by atoms with Gasteiger partial charge in [-0.05, 0) is 30.9 Å². The number of nitrogens with two attached hydrogens (primary N) is 1. The van der Waals surface area contributed by atoms with Gasteiger partial charge in [0.15, 0.2) is 11.5 Å². The Morgan fingerprint density at radius 2 is 2.32 bits per heavy atom. The summed E-state index contributed by atoms with van der Waals surface area (Å²) in [7, 11) is 1.58. The number of nitrogens with one attached hydrogen (secondary N) is 1. The number of aromatic nitrogens is 2. The van der Waals surface area contributed by atoms with Crippen LogP contribution in [0.1, 0.15) is 30.3 Å². The minimum absolute atomic E-state index is 0.221. The van der Waals surface area contributed by atoms with E-state index in [4.69, 9.17) is 5.73 Å². The second-order valence-electron chi connectivity index (χ2n) is 4.97. The number of carbonyl (C=O) groups excluding carboxylic acids is 1. The van der Waals surface area contributed by atoms with Crippen molar-refractivity contribution < 1.29 is 4.79 Å². The van der Waals surface area contributed by atoms with E-state index >= 15 is 0 Å². The number of hydrogen-bond acceptors (Lipinski definition) is 5. The van der Waals surface area contributed by atoms with Crippen LogP contribution in [-0.2, 0) is 0 Å². The van der Waals surface area contributed by atoms with Crippen molar-refractivity contribution in [3.8, 4) is 0 Å². The van der Waals surface area contributed by atoms with E-state index < -0.39 is 0 Å². The summed E-state index contributed by atoms with van der Waals surface area (Å²) >= 11 is 0. The van der Waals surface area contributed by atoms with Crippen LogP contribution in [-0.4, -0.2) is 42.3 Å². The van der Waals surface area contributed by atoms with E-state index in [-0.39, 0.29) is 5.91 Å². The first-order valence-electron chi connectivity index (χ1n) is 6.70. The zero-order valence-corrected chi connectivity index (χ0v) is 11.5. The summed E-state index contributed by atoms with van der Waals surface area (Å²) < 4.78 is 0. The molecule has 104 valence electrons. The lowest BCUT2D eigenvalue weighted by Gasteiger charge is -2.40. The summed E-state index contributed by atoms with van der Waals surface area (Å²) in [5.74, 6) is 1.13. The summed E-state index contributed by atoms with van der Waals surface area (Å²) in [6.07, 6.45) is 2.33. The molecule has 1 saturated heterocycles. The quantitative estimate of drug-likeness (QED) is 0.824. The van der Waals surface area contributed by atoms with Crippen LogP contribution in [0.3, 0.4) is 0 Å². The molecule has 1 aliphatic rings. The van der Waals surface area contributed by atoms with E-state index in [0.29, 0.717) is 24.2 Å². The molecule has 1 aliphatic heterocycles. The smallest absolute Gasteiger partial charge is 0.271 e. The summed E-state index contributed by atoms with van der Waals surface area (Å²) in [5.41, 5.74) is 6.20. The van der Waals surface area contributed by atoms with Crippen LogP contribution < -0.4 is 16.0 Å². The third-order valence-corrected chi connectivity index (χ3v) is 3.76. The molecule has 0 spiro atoms. The normalized spacial score (nSPS) is 23.2. The molecule has 3 N–H and O–H groups in total. The van der Waals surface area contributed by atoms with Gasteiger partial charge < -0.3 is 16.0 Å². The molecule has 0 saturated carbocycles. The molecule has 2 heterocycles. The third-order valence-electron chi connectivity index (χ3n) is 3.76. The van der Waals surface area contributed by atoms with Crippen LogP contribution >= 0.6 is 0 Å². The van der Waals surface area contributed by atoms with E-state index in [1.165, 1.54) is 6.42 Å². The Hall–Kier alpha value is -1.69. The maximum Gasteiger partial charge on any atom is 0.271 e. The molecule has 0 bridgehead atoms. The van der Waals surface area contributed by atoms with Crippen molar-refractivity contribution in [2.24, 2.45) is 11.7 Å². The molecule has 2 unspecified atom stereocenters. The zero-order chi connectivity index (χ0) is 13.8. The Morgan fingerprint density at radius 3 is 2.89 bits per heavy atom. The first-order valence-corrected chi connectivity index (χ1v) is 6.70. The summed E-state index contributed by atoms with van der Waals surface area (Å²) in [4.78, 5) is 13.6. The first-order chi connectivity index (χ1) is 9.17. The fourth-order valence-corrected chi connectivity index (χ4v) is 2.62. The van der Waals surface area contributed by atoms with Gasteiger partial charge in [0.1, 0.15) is 0 Å². The minimum Gasteiger partial charge on any atom is -0.354 e. The van der Waals surface area contributed by atoms with Crippen LogP contribution in [0.4, 0.5) is 5.82 Å². The zero-order valence-electron chi connectivity index (χ0n) is 11.5. The molecule has 1 fully saturated rings. The van der Waals surface area contributed by atoms with Crippen molar-refractivity contribution in [1.82, 2.24) is 15.5 Å². The number of rotatable bonds is 3. The molecular formula is C13H21N5O. The van der Waals surface area contributed by atoms with Gasteiger partial charge in [-0.3, -0.25) is 4.79 Å². The Balaban J connectivity index is 2.18. The molecule has 2 atom stereocenters. The Bertz CT molecular complexity index is 433. The predicted octanol–water partition coefficient (Wildman–Crippen LogP) is 0.400. The van der Waals surface area contributed by atoms with Gasteiger partial charge in [0.25, 0.3) is 5.91 Å². The Morgan fingerprint density at radius 1 is 1.53 bits per heavy atom. The number of amides is 1. The van der Waals surface area contributed by atoms with Crippen molar-refractivity contribution in [1.29, 1.82) is 0 Å². The van der Waals surface area contributed by atoms with E-state index in [2.05, 4.69) is 27.3 Å². The highest BCUT2D eigenvalue weighted by molar-refractivity contribution is 5.91. The molecular weight excluding hydrogens is 242 g/mol. The number of anilines is 1. The van der Waals surface area contributed by atoms with Crippen molar-refractivity contribution in [3.05, 3.63) is 17.8 Å². The van der Waals surface area contributed by atoms with Crippen molar-refractivity contribution in [2.45, 2.75) is 25.8 Å². The number of nitrogens with zero attached hydrogens (tertiary/aromatic N) is 3.